The highest BCUT2D eigenvalue weighted by Gasteiger charge is 2.47. The van der Waals surface area contributed by atoms with Crippen LogP contribution in [0.1, 0.15) is 47.4 Å². The lowest BCUT2D eigenvalue weighted by Gasteiger charge is -2.34. The highest BCUT2D eigenvalue weighted by molar-refractivity contribution is 7.47. The third-order valence-corrected chi connectivity index (χ3v) is 5.57. The van der Waals surface area contributed by atoms with E-state index < -0.39 is 63.3 Å². The maximum Gasteiger partial charge on any atom is 0.510 e. The first-order chi connectivity index (χ1) is 15.5. The molecule has 2 aliphatic rings. The highest BCUT2D eigenvalue weighted by atomic mass is 31.2. The van der Waals surface area contributed by atoms with Crippen LogP contribution in [-0.2, 0) is 32.7 Å². The van der Waals surface area contributed by atoms with E-state index in [9.17, 15) is 33.4 Å². The Labute approximate surface area is 187 Å². The molecular weight excluding hydrogens is 463 g/mol. The Morgan fingerprint density at radius 2 is 1.73 bits per heavy atom. The van der Waals surface area contributed by atoms with E-state index in [4.69, 9.17) is 0 Å². The van der Waals surface area contributed by atoms with Crippen molar-refractivity contribution < 1.29 is 52.0 Å². The fourth-order valence-corrected chi connectivity index (χ4v) is 3.74. The maximum atomic E-state index is 12.9. The van der Waals surface area contributed by atoms with Gasteiger partial charge in [0.15, 0.2) is 0 Å². The van der Waals surface area contributed by atoms with Crippen LogP contribution < -0.4 is 0 Å². The summed E-state index contributed by atoms with van der Waals surface area (Å²) in [6, 6.07) is 4.77. The Hall–Kier alpha value is -3.12. The molecule has 1 N–H and O–H groups in total. The molecule has 1 aromatic rings. The van der Waals surface area contributed by atoms with Crippen molar-refractivity contribution in [2.45, 2.75) is 38.8 Å². The molecule has 14 heteroatoms. The molecule has 2 atom stereocenters. The van der Waals surface area contributed by atoms with Gasteiger partial charge in [-0.3, -0.25) is 33.5 Å². The summed E-state index contributed by atoms with van der Waals surface area (Å²) in [5.41, 5.74) is 0.276. The molecule has 1 saturated heterocycles. The number of hydrogen-bond acceptors (Lipinski definition) is 10. The average Bonchev–Trinajstić information content (AvgIpc) is 2.98. The minimum Gasteiger partial charge on any atom is -0.432 e. The van der Waals surface area contributed by atoms with Crippen molar-refractivity contribution in [1.82, 2.24) is 9.80 Å². The number of carbonyl (C=O) groups is 5. The number of piperidine rings is 1. The van der Waals surface area contributed by atoms with Crippen molar-refractivity contribution >= 4 is 37.6 Å². The molecule has 1 fully saturated rings. The van der Waals surface area contributed by atoms with Crippen LogP contribution >= 0.6 is 7.82 Å². The lowest BCUT2D eigenvalue weighted by atomic mass is 10.0. The third kappa shape index (κ3) is 5.45. The summed E-state index contributed by atoms with van der Waals surface area (Å²) in [6.07, 6.45) is -1.94. The fraction of sp³-hybridized carbons (Fsp3) is 0.421. The second-order valence-corrected chi connectivity index (χ2v) is 8.73. The number of rotatable bonds is 8. The van der Waals surface area contributed by atoms with Crippen LogP contribution in [0.5, 0.6) is 0 Å². The standard InChI is InChI=1S/C19H21N2O11P/c1-11(2)32-19(26)29-10-31-33(27,28)30-9-20-15(22)8-7-14(18(20)25)21-16(23)12-5-3-4-6-13(12)17(21)24/h3-6,11,14H,7-10H2,1-2H3,(H,27,28). The van der Waals surface area contributed by atoms with Crippen molar-refractivity contribution in [3.05, 3.63) is 35.4 Å². The van der Waals surface area contributed by atoms with Gasteiger partial charge in [0.1, 0.15) is 12.8 Å². The summed E-state index contributed by atoms with van der Waals surface area (Å²) in [5.74, 6) is -3.03. The van der Waals surface area contributed by atoms with Crippen LogP contribution in [-0.4, -0.2) is 70.1 Å². The molecule has 3 rings (SSSR count). The van der Waals surface area contributed by atoms with Gasteiger partial charge in [-0.15, -0.1) is 0 Å². The highest BCUT2D eigenvalue weighted by Crippen LogP contribution is 2.43. The molecule has 13 nitrogen and oxygen atoms in total. The zero-order valence-corrected chi connectivity index (χ0v) is 18.6. The largest absolute Gasteiger partial charge is 0.510 e. The number of carbonyl (C=O) groups excluding carboxylic acids is 5. The van der Waals surface area contributed by atoms with Crippen molar-refractivity contribution in [2.24, 2.45) is 0 Å². The van der Waals surface area contributed by atoms with Crippen molar-refractivity contribution in [3.63, 3.8) is 0 Å². The predicted octanol–water partition coefficient (Wildman–Crippen LogP) is 1.41. The minimum atomic E-state index is -4.85. The molecule has 2 unspecified atom stereocenters. The second kappa shape index (κ2) is 9.79. The van der Waals surface area contributed by atoms with Crippen LogP contribution in [0.4, 0.5) is 4.79 Å². The first kappa shape index (κ1) is 24.5. The van der Waals surface area contributed by atoms with Crippen molar-refractivity contribution in [3.8, 4) is 0 Å². The van der Waals surface area contributed by atoms with Crippen LogP contribution in [0.3, 0.4) is 0 Å². The Kier molecular flexibility index (Phi) is 7.28. The van der Waals surface area contributed by atoms with Gasteiger partial charge >= 0.3 is 14.0 Å². The molecule has 0 bridgehead atoms. The quantitative estimate of drug-likeness (QED) is 0.245. The molecule has 2 aliphatic heterocycles. The van der Waals surface area contributed by atoms with Crippen molar-refractivity contribution in [1.29, 1.82) is 0 Å². The topological polar surface area (TPSA) is 166 Å². The maximum absolute atomic E-state index is 12.9. The lowest BCUT2D eigenvalue weighted by molar-refractivity contribution is -0.155. The summed E-state index contributed by atoms with van der Waals surface area (Å²) in [7, 11) is -4.85. The number of fused-ring (bicyclic) bond motifs is 1. The molecule has 0 spiro atoms. The number of imide groups is 2. The zero-order valence-electron chi connectivity index (χ0n) is 17.7. The summed E-state index contributed by atoms with van der Waals surface area (Å²) >= 11 is 0. The predicted molar refractivity (Wildman–Crippen MR) is 106 cm³/mol. The van der Waals surface area contributed by atoms with Crippen molar-refractivity contribution in [2.75, 3.05) is 13.5 Å². The molecule has 1 aromatic carbocycles. The van der Waals surface area contributed by atoms with Crippen LogP contribution in [0, 0.1) is 0 Å². The van der Waals surface area contributed by atoms with Gasteiger partial charge in [-0.1, -0.05) is 12.1 Å². The molecule has 0 aliphatic carbocycles. The van der Waals surface area contributed by atoms with E-state index in [1.165, 1.54) is 12.1 Å². The van der Waals surface area contributed by atoms with E-state index >= 15 is 0 Å². The van der Waals surface area contributed by atoms with E-state index in [2.05, 4.69) is 18.5 Å². The molecule has 0 radical (unpaired) electrons. The molecule has 0 aromatic heterocycles. The van der Waals surface area contributed by atoms with Gasteiger partial charge in [0.05, 0.1) is 17.2 Å². The molecule has 33 heavy (non-hydrogen) atoms. The summed E-state index contributed by atoms with van der Waals surface area (Å²) < 4.78 is 30.1. The Morgan fingerprint density at radius 3 is 2.30 bits per heavy atom. The fourth-order valence-electron chi connectivity index (χ4n) is 3.22. The molecule has 178 valence electrons. The number of ether oxygens (including phenoxy) is 2. The number of amides is 4. The van der Waals surface area contributed by atoms with Crippen LogP contribution in [0.15, 0.2) is 24.3 Å². The first-order valence-corrected chi connectivity index (χ1v) is 11.3. The Balaban J connectivity index is 1.61. The van der Waals surface area contributed by atoms with Crippen LogP contribution in [0.25, 0.3) is 0 Å². The summed E-state index contributed by atoms with van der Waals surface area (Å²) in [5, 5.41) is 0. The number of phosphoric ester groups is 1. The van der Waals surface area contributed by atoms with E-state index in [1.807, 2.05) is 0 Å². The zero-order chi connectivity index (χ0) is 24.3. The van der Waals surface area contributed by atoms with Gasteiger partial charge < -0.3 is 14.4 Å². The molecule has 2 heterocycles. The average molecular weight is 484 g/mol. The minimum absolute atomic E-state index is 0.0985. The first-order valence-electron chi connectivity index (χ1n) is 9.78. The number of benzene rings is 1. The molecular formula is C19H21N2O11P. The smallest absolute Gasteiger partial charge is 0.432 e. The van der Waals surface area contributed by atoms with Gasteiger partial charge in [-0.25, -0.2) is 13.9 Å². The van der Waals surface area contributed by atoms with Gasteiger partial charge in [0, 0.05) is 6.42 Å². The number of phosphoric acid groups is 1. The monoisotopic (exact) mass is 484 g/mol. The Morgan fingerprint density at radius 1 is 1.12 bits per heavy atom. The van der Waals surface area contributed by atoms with E-state index in [1.54, 1.807) is 26.0 Å². The van der Waals surface area contributed by atoms with Gasteiger partial charge in [-0.05, 0) is 32.4 Å². The van der Waals surface area contributed by atoms with Gasteiger partial charge in [0.2, 0.25) is 12.7 Å². The summed E-state index contributed by atoms with van der Waals surface area (Å²) in [4.78, 5) is 72.6. The van der Waals surface area contributed by atoms with Gasteiger partial charge in [0.25, 0.3) is 17.7 Å². The SMILES string of the molecule is CC(C)OC(=O)OCOP(=O)(O)OCN1C(=O)CCC(N2C(=O)c3ccccc3C2=O)C1=O. The van der Waals surface area contributed by atoms with Crippen LogP contribution in [0.2, 0.25) is 0 Å². The van der Waals surface area contributed by atoms with E-state index in [-0.39, 0.29) is 24.0 Å². The molecule has 0 saturated carbocycles. The van der Waals surface area contributed by atoms with E-state index in [0.29, 0.717) is 4.90 Å². The second-order valence-electron chi connectivity index (χ2n) is 7.28. The van der Waals surface area contributed by atoms with E-state index in [0.717, 1.165) is 4.90 Å². The van der Waals surface area contributed by atoms with Gasteiger partial charge in [-0.2, -0.15) is 0 Å². The number of nitrogens with zero attached hydrogens (tertiary/aromatic N) is 2. The normalized spacial score (nSPS) is 20.2. The summed E-state index contributed by atoms with van der Waals surface area (Å²) in [6.45, 7) is 1.15. The molecule has 4 amide bonds. The lowest BCUT2D eigenvalue weighted by Crippen LogP contribution is -2.56. The number of likely N-dealkylation sites (tertiary alicyclic amines) is 1. The third-order valence-electron chi connectivity index (χ3n) is 4.70. The number of hydrogen-bond donors (Lipinski definition) is 1. The Bertz CT molecular complexity index is 1010.